The first kappa shape index (κ1) is 26.0. The second-order valence-electron chi connectivity index (χ2n) is 8.56. The third-order valence-corrected chi connectivity index (χ3v) is 9.84. The molecule has 2 heterocycles. The van der Waals surface area contributed by atoms with Gasteiger partial charge in [-0.15, -0.1) is 23.5 Å². The number of thioether (sulfide) groups is 2. The number of hydrogen-bond acceptors (Lipinski definition) is 5. The van der Waals surface area contributed by atoms with Gasteiger partial charge in [0.25, 0.3) is 5.91 Å². The van der Waals surface area contributed by atoms with Crippen molar-refractivity contribution in [2.24, 2.45) is 5.10 Å². The molecule has 190 valence electrons. The molecular formula is C28H25Cl2N3O2S2. The molecule has 3 aromatic carbocycles. The van der Waals surface area contributed by atoms with E-state index in [0.29, 0.717) is 26.9 Å². The third kappa shape index (κ3) is 6.12. The van der Waals surface area contributed by atoms with Crippen molar-refractivity contribution in [3.8, 4) is 5.75 Å². The summed E-state index contributed by atoms with van der Waals surface area (Å²) in [7, 11) is 0. The minimum Gasteiger partial charge on any atom is -0.484 e. The summed E-state index contributed by atoms with van der Waals surface area (Å²) in [4.78, 5) is 12.4. The normalized spacial score (nSPS) is 14.0. The lowest BCUT2D eigenvalue weighted by Crippen LogP contribution is -2.24. The lowest BCUT2D eigenvalue weighted by atomic mass is 10.1. The number of para-hydroxylation sites is 1. The summed E-state index contributed by atoms with van der Waals surface area (Å²) in [5, 5.41) is 6.48. The lowest BCUT2D eigenvalue weighted by molar-refractivity contribution is -0.123. The molecule has 1 amide bonds. The molecule has 4 aromatic rings. The van der Waals surface area contributed by atoms with Gasteiger partial charge in [-0.25, -0.2) is 5.43 Å². The zero-order chi connectivity index (χ0) is 25.8. The number of ether oxygens (including phenoxy) is 1. The Balaban J connectivity index is 1.24. The number of halogens is 2. The molecule has 0 radical (unpaired) electrons. The first-order valence-corrected chi connectivity index (χ1v) is 14.6. The maximum Gasteiger partial charge on any atom is 0.277 e. The average molecular weight is 571 g/mol. The van der Waals surface area contributed by atoms with Gasteiger partial charge < -0.3 is 9.30 Å². The SMILES string of the molecule is Cc1c(/C=N\NC(=O)COc2ccc(C3SCCS3)cc2)c2ccccc2n1Cc1ccc(Cl)cc1Cl. The molecule has 0 aliphatic carbocycles. The van der Waals surface area contributed by atoms with Crippen LogP contribution in [0.4, 0.5) is 0 Å². The molecule has 1 aliphatic rings. The third-order valence-electron chi connectivity index (χ3n) is 6.15. The molecule has 1 fully saturated rings. The Bertz CT molecular complexity index is 1450. The molecule has 0 saturated carbocycles. The minimum absolute atomic E-state index is 0.112. The molecule has 5 nitrogen and oxygen atoms in total. The number of nitrogens with zero attached hydrogens (tertiary/aromatic N) is 2. The molecule has 9 heteroatoms. The molecule has 37 heavy (non-hydrogen) atoms. The predicted octanol–water partition coefficient (Wildman–Crippen LogP) is 7.31. The number of hydrogen-bond donors (Lipinski definition) is 1. The zero-order valence-corrected chi connectivity index (χ0v) is 23.3. The first-order chi connectivity index (χ1) is 18.0. The van der Waals surface area contributed by atoms with Crippen LogP contribution in [-0.2, 0) is 11.3 Å². The second kappa shape index (κ2) is 11.9. The fraction of sp³-hybridized carbons (Fsp3) is 0.214. The van der Waals surface area contributed by atoms with Crippen molar-refractivity contribution in [1.82, 2.24) is 9.99 Å². The quantitative estimate of drug-likeness (QED) is 0.178. The summed E-state index contributed by atoms with van der Waals surface area (Å²) in [5.41, 5.74) is 7.83. The van der Waals surface area contributed by atoms with Crippen LogP contribution in [0.3, 0.4) is 0 Å². The molecule has 1 N–H and O–H groups in total. The first-order valence-electron chi connectivity index (χ1n) is 11.8. The van der Waals surface area contributed by atoms with E-state index in [2.05, 4.69) is 33.3 Å². The Morgan fingerprint density at radius 1 is 1.11 bits per heavy atom. The van der Waals surface area contributed by atoms with Gasteiger partial charge in [-0.2, -0.15) is 5.10 Å². The second-order valence-corrected chi connectivity index (χ2v) is 12.1. The summed E-state index contributed by atoms with van der Waals surface area (Å²) < 4.78 is 8.32. The smallest absolute Gasteiger partial charge is 0.277 e. The predicted molar refractivity (Wildman–Crippen MR) is 158 cm³/mol. The van der Waals surface area contributed by atoms with Gasteiger partial charge in [0.05, 0.1) is 10.8 Å². The molecule has 0 atom stereocenters. The highest BCUT2D eigenvalue weighted by molar-refractivity contribution is 8.19. The number of carbonyl (C=O) groups is 1. The molecular weight excluding hydrogens is 545 g/mol. The van der Waals surface area contributed by atoms with Crippen molar-refractivity contribution >= 4 is 69.8 Å². The van der Waals surface area contributed by atoms with Crippen LogP contribution in [0.2, 0.25) is 10.0 Å². The summed E-state index contributed by atoms with van der Waals surface area (Å²) in [5.74, 6) is 2.71. The van der Waals surface area contributed by atoms with E-state index in [0.717, 1.165) is 27.7 Å². The van der Waals surface area contributed by atoms with Crippen LogP contribution in [0, 0.1) is 6.92 Å². The van der Waals surface area contributed by atoms with E-state index >= 15 is 0 Å². The van der Waals surface area contributed by atoms with Gasteiger partial charge in [0, 0.05) is 50.3 Å². The topological polar surface area (TPSA) is 55.6 Å². The Hall–Kier alpha value is -2.58. The molecule has 0 unspecified atom stereocenters. The molecule has 1 aromatic heterocycles. The van der Waals surface area contributed by atoms with Crippen molar-refractivity contribution in [2.45, 2.75) is 18.1 Å². The maximum atomic E-state index is 12.4. The van der Waals surface area contributed by atoms with Gasteiger partial charge in [0.1, 0.15) is 5.75 Å². The van der Waals surface area contributed by atoms with Gasteiger partial charge in [-0.1, -0.05) is 59.6 Å². The van der Waals surface area contributed by atoms with Crippen LogP contribution in [0.25, 0.3) is 10.9 Å². The maximum absolute atomic E-state index is 12.4. The fourth-order valence-electron chi connectivity index (χ4n) is 4.27. The van der Waals surface area contributed by atoms with Crippen LogP contribution < -0.4 is 10.2 Å². The van der Waals surface area contributed by atoms with Gasteiger partial charge in [-0.05, 0) is 48.4 Å². The van der Waals surface area contributed by atoms with E-state index in [-0.39, 0.29) is 12.5 Å². The lowest BCUT2D eigenvalue weighted by Gasteiger charge is -2.10. The van der Waals surface area contributed by atoms with Crippen LogP contribution in [0.1, 0.15) is 27.0 Å². The van der Waals surface area contributed by atoms with E-state index in [4.69, 9.17) is 27.9 Å². The highest BCUT2D eigenvalue weighted by Crippen LogP contribution is 2.45. The Morgan fingerprint density at radius 2 is 1.86 bits per heavy atom. The highest BCUT2D eigenvalue weighted by Gasteiger charge is 2.18. The molecule has 5 rings (SSSR count). The van der Waals surface area contributed by atoms with Crippen molar-refractivity contribution in [2.75, 3.05) is 18.1 Å². The molecule has 0 bridgehead atoms. The molecule has 1 aliphatic heterocycles. The Morgan fingerprint density at radius 3 is 2.62 bits per heavy atom. The summed E-state index contributed by atoms with van der Waals surface area (Å²) in [6.07, 6.45) is 1.68. The van der Waals surface area contributed by atoms with Crippen LogP contribution in [-0.4, -0.2) is 34.8 Å². The van der Waals surface area contributed by atoms with E-state index in [1.807, 2.05) is 72.9 Å². The standard InChI is InChI=1S/C28H25Cl2N3O2S2/c1-18-24(23-4-2-3-5-26(23)33(18)16-20-6-9-21(29)14-25(20)30)15-31-32-27(34)17-35-22-10-7-19(8-11-22)28-36-12-13-37-28/h2-11,14-15,28H,12-13,16-17H2,1H3,(H,32,34)/b31-15-. The Labute approximate surface area is 234 Å². The van der Waals surface area contributed by atoms with Crippen molar-refractivity contribution in [1.29, 1.82) is 0 Å². The Kier molecular flexibility index (Phi) is 8.35. The largest absolute Gasteiger partial charge is 0.484 e. The van der Waals surface area contributed by atoms with Crippen molar-refractivity contribution in [3.63, 3.8) is 0 Å². The number of aromatic nitrogens is 1. The van der Waals surface area contributed by atoms with Gasteiger partial charge in [-0.3, -0.25) is 4.79 Å². The number of hydrazone groups is 1. The minimum atomic E-state index is -0.323. The number of nitrogens with one attached hydrogen (secondary N) is 1. The number of amides is 1. The highest BCUT2D eigenvalue weighted by atomic mass is 35.5. The van der Waals surface area contributed by atoms with Crippen molar-refractivity contribution < 1.29 is 9.53 Å². The van der Waals surface area contributed by atoms with Crippen LogP contribution in [0.15, 0.2) is 71.8 Å². The van der Waals surface area contributed by atoms with Gasteiger partial charge >= 0.3 is 0 Å². The van der Waals surface area contributed by atoms with Crippen molar-refractivity contribution in [3.05, 3.63) is 99.2 Å². The average Bonchev–Trinajstić information content (AvgIpc) is 3.53. The summed E-state index contributed by atoms with van der Waals surface area (Å²) in [6.45, 7) is 2.51. The number of carbonyl (C=O) groups excluding carboxylic acids is 1. The number of rotatable bonds is 8. The molecule has 1 saturated heterocycles. The van der Waals surface area contributed by atoms with Crippen LogP contribution >= 0.6 is 46.7 Å². The monoisotopic (exact) mass is 569 g/mol. The van der Waals surface area contributed by atoms with E-state index in [1.165, 1.54) is 17.1 Å². The number of benzene rings is 3. The zero-order valence-electron chi connectivity index (χ0n) is 20.1. The van der Waals surface area contributed by atoms with Gasteiger partial charge in [0.2, 0.25) is 0 Å². The van der Waals surface area contributed by atoms with E-state index in [9.17, 15) is 4.79 Å². The van der Waals surface area contributed by atoms with E-state index < -0.39 is 0 Å². The number of fused-ring (bicyclic) bond motifs is 1. The van der Waals surface area contributed by atoms with Gasteiger partial charge in [0.15, 0.2) is 6.61 Å². The van der Waals surface area contributed by atoms with Crippen LogP contribution in [0.5, 0.6) is 5.75 Å². The molecule has 0 spiro atoms. The van der Waals surface area contributed by atoms with E-state index in [1.54, 1.807) is 12.3 Å². The fourth-order valence-corrected chi connectivity index (χ4v) is 7.59. The summed E-state index contributed by atoms with van der Waals surface area (Å²) >= 11 is 16.4. The summed E-state index contributed by atoms with van der Waals surface area (Å²) in [6, 6.07) is 21.6.